The van der Waals surface area contributed by atoms with E-state index in [0.717, 1.165) is 26.1 Å². The molecule has 2 rings (SSSR count). The van der Waals surface area contributed by atoms with Crippen LogP contribution in [0.5, 0.6) is 0 Å². The number of piperazine rings is 1. The monoisotopic (exact) mass is 255 g/mol. The normalized spacial score (nSPS) is 34.7. The van der Waals surface area contributed by atoms with Crippen LogP contribution < -0.4 is 5.32 Å². The summed E-state index contributed by atoms with van der Waals surface area (Å²) in [5, 5.41) is 3.57. The summed E-state index contributed by atoms with van der Waals surface area (Å²) in [6.45, 7) is 14.5. The maximum atomic E-state index is 6.04. The molecule has 0 aromatic rings. The molecule has 0 saturated carbocycles. The molecular formula is C14H29N3O. The molecule has 1 atom stereocenters. The summed E-state index contributed by atoms with van der Waals surface area (Å²) in [4.78, 5) is 4.95. The maximum Gasteiger partial charge on any atom is 0.117 e. The first-order valence-electron chi connectivity index (χ1n) is 7.19. The minimum Gasteiger partial charge on any atom is -0.360 e. The van der Waals surface area contributed by atoms with Gasteiger partial charge in [-0.25, -0.2) is 0 Å². The molecule has 4 nitrogen and oxygen atoms in total. The van der Waals surface area contributed by atoms with Crippen LogP contribution in [0.3, 0.4) is 0 Å². The largest absolute Gasteiger partial charge is 0.360 e. The summed E-state index contributed by atoms with van der Waals surface area (Å²) < 4.78 is 6.04. The molecule has 0 amide bonds. The van der Waals surface area contributed by atoms with Gasteiger partial charge in [-0.2, -0.15) is 0 Å². The van der Waals surface area contributed by atoms with E-state index in [1.165, 1.54) is 26.2 Å². The lowest BCUT2D eigenvalue weighted by Gasteiger charge is -2.43. The van der Waals surface area contributed by atoms with Crippen LogP contribution in [0.2, 0.25) is 0 Å². The molecule has 2 saturated heterocycles. The van der Waals surface area contributed by atoms with Crippen LogP contribution >= 0.6 is 0 Å². The Bertz CT molecular complexity index is 262. The molecule has 2 heterocycles. The SMILES string of the molecule is CN1CCN(CCC2(C)NCC(C)(C)CO2)CC1. The Morgan fingerprint density at radius 1 is 1.11 bits per heavy atom. The van der Waals surface area contributed by atoms with Crippen LogP contribution in [-0.2, 0) is 4.74 Å². The Hall–Kier alpha value is -0.160. The molecule has 0 radical (unpaired) electrons. The topological polar surface area (TPSA) is 27.7 Å². The van der Waals surface area contributed by atoms with Crippen molar-refractivity contribution in [2.75, 3.05) is 52.9 Å². The third-order valence-corrected chi connectivity index (χ3v) is 4.22. The number of likely N-dealkylation sites (N-methyl/N-ethyl adjacent to an activating group) is 1. The molecule has 0 bridgehead atoms. The molecule has 2 fully saturated rings. The van der Waals surface area contributed by atoms with Gasteiger partial charge in [-0.3, -0.25) is 5.32 Å². The van der Waals surface area contributed by atoms with Crippen molar-refractivity contribution in [2.24, 2.45) is 5.41 Å². The fourth-order valence-electron chi connectivity index (χ4n) is 2.49. The van der Waals surface area contributed by atoms with Crippen molar-refractivity contribution in [3.05, 3.63) is 0 Å². The second kappa shape index (κ2) is 5.45. The van der Waals surface area contributed by atoms with Gasteiger partial charge in [0.15, 0.2) is 0 Å². The van der Waals surface area contributed by atoms with E-state index in [1.807, 2.05) is 0 Å². The maximum absolute atomic E-state index is 6.04. The van der Waals surface area contributed by atoms with Crippen molar-refractivity contribution in [1.82, 2.24) is 15.1 Å². The Balaban J connectivity index is 1.73. The number of hydrogen-bond acceptors (Lipinski definition) is 4. The van der Waals surface area contributed by atoms with E-state index >= 15 is 0 Å². The third kappa shape index (κ3) is 3.92. The van der Waals surface area contributed by atoms with Crippen LogP contribution in [0.1, 0.15) is 27.2 Å². The molecule has 0 aliphatic carbocycles. The van der Waals surface area contributed by atoms with Gasteiger partial charge in [-0.05, 0) is 14.0 Å². The van der Waals surface area contributed by atoms with Crippen molar-refractivity contribution >= 4 is 0 Å². The fraction of sp³-hybridized carbons (Fsp3) is 1.00. The van der Waals surface area contributed by atoms with Crippen LogP contribution in [-0.4, -0.2) is 68.4 Å². The highest BCUT2D eigenvalue weighted by atomic mass is 16.5. The predicted molar refractivity (Wildman–Crippen MR) is 74.7 cm³/mol. The second-order valence-electron chi connectivity index (χ2n) is 6.93. The summed E-state index contributed by atoms with van der Waals surface area (Å²) in [6.07, 6.45) is 1.08. The zero-order valence-electron chi connectivity index (χ0n) is 12.5. The quantitative estimate of drug-likeness (QED) is 0.814. The number of hydrogen-bond donors (Lipinski definition) is 1. The highest BCUT2D eigenvalue weighted by Crippen LogP contribution is 2.26. The summed E-state index contributed by atoms with van der Waals surface area (Å²) in [5.41, 5.74) is 0.145. The Labute approximate surface area is 112 Å². The van der Waals surface area contributed by atoms with Crippen molar-refractivity contribution in [3.63, 3.8) is 0 Å². The van der Waals surface area contributed by atoms with E-state index in [1.54, 1.807) is 0 Å². The molecule has 1 unspecified atom stereocenters. The molecule has 2 aliphatic heterocycles. The van der Waals surface area contributed by atoms with Gasteiger partial charge < -0.3 is 14.5 Å². The number of ether oxygens (including phenoxy) is 1. The molecule has 0 aromatic carbocycles. The molecule has 2 aliphatic rings. The number of nitrogens with zero attached hydrogens (tertiary/aromatic N) is 2. The first kappa shape index (κ1) is 14.3. The van der Waals surface area contributed by atoms with Crippen molar-refractivity contribution < 1.29 is 4.74 Å². The van der Waals surface area contributed by atoms with Gasteiger partial charge in [-0.15, -0.1) is 0 Å². The number of nitrogens with one attached hydrogen (secondary N) is 1. The zero-order valence-corrected chi connectivity index (χ0v) is 12.5. The van der Waals surface area contributed by atoms with Gasteiger partial charge in [0, 0.05) is 51.1 Å². The van der Waals surface area contributed by atoms with E-state index < -0.39 is 0 Å². The van der Waals surface area contributed by atoms with Crippen LogP contribution in [0, 0.1) is 5.41 Å². The molecule has 0 spiro atoms. The Morgan fingerprint density at radius 3 is 2.33 bits per heavy atom. The predicted octanol–water partition coefficient (Wildman–Crippen LogP) is 0.986. The van der Waals surface area contributed by atoms with Gasteiger partial charge in [0.25, 0.3) is 0 Å². The van der Waals surface area contributed by atoms with Crippen molar-refractivity contribution in [1.29, 1.82) is 0 Å². The molecule has 106 valence electrons. The summed E-state index contributed by atoms with van der Waals surface area (Å²) in [6, 6.07) is 0. The van der Waals surface area contributed by atoms with Gasteiger partial charge in [0.2, 0.25) is 0 Å². The highest BCUT2D eigenvalue weighted by Gasteiger charge is 2.35. The molecule has 0 aromatic heterocycles. The van der Waals surface area contributed by atoms with Gasteiger partial charge >= 0.3 is 0 Å². The van der Waals surface area contributed by atoms with Crippen molar-refractivity contribution in [2.45, 2.75) is 32.9 Å². The Kier molecular flexibility index (Phi) is 4.32. The fourth-order valence-corrected chi connectivity index (χ4v) is 2.49. The van der Waals surface area contributed by atoms with Crippen LogP contribution in [0.25, 0.3) is 0 Å². The van der Waals surface area contributed by atoms with E-state index in [2.05, 4.69) is 42.9 Å². The summed E-state index contributed by atoms with van der Waals surface area (Å²) >= 11 is 0. The van der Waals surface area contributed by atoms with E-state index in [0.29, 0.717) is 0 Å². The van der Waals surface area contributed by atoms with Crippen LogP contribution in [0.15, 0.2) is 0 Å². The summed E-state index contributed by atoms with van der Waals surface area (Å²) in [7, 11) is 2.20. The highest BCUT2D eigenvalue weighted by molar-refractivity contribution is 4.85. The Morgan fingerprint density at radius 2 is 1.78 bits per heavy atom. The van der Waals surface area contributed by atoms with E-state index in [4.69, 9.17) is 4.74 Å². The third-order valence-electron chi connectivity index (χ3n) is 4.22. The molecule has 18 heavy (non-hydrogen) atoms. The smallest absolute Gasteiger partial charge is 0.117 e. The summed E-state index contributed by atoms with van der Waals surface area (Å²) in [5.74, 6) is 0. The lowest BCUT2D eigenvalue weighted by Crippen LogP contribution is -2.57. The first-order chi connectivity index (χ1) is 8.39. The minimum absolute atomic E-state index is 0.126. The van der Waals surface area contributed by atoms with Gasteiger partial charge in [0.1, 0.15) is 5.72 Å². The first-order valence-corrected chi connectivity index (χ1v) is 7.19. The van der Waals surface area contributed by atoms with Crippen LogP contribution in [0.4, 0.5) is 0 Å². The zero-order chi connectivity index (χ0) is 13.2. The van der Waals surface area contributed by atoms with Gasteiger partial charge in [-0.1, -0.05) is 13.8 Å². The van der Waals surface area contributed by atoms with E-state index in [9.17, 15) is 0 Å². The van der Waals surface area contributed by atoms with Crippen molar-refractivity contribution in [3.8, 4) is 0 Å². The number of rotatable bonds is 3. The lowest BCUT2D eigenvalue weighted by atomic mass is 9.91. The van der Waals surface area contributed by atoms with E-state index in [-0.39, 0.29) is 11.1 Å². The molecule has 4 heteroatoms. The molecular weight excluding hydrogens is 226 g/mol. The molecule has 1 N–H and O–H groups in total. The minimum atomic E-state index is -0.126. The standard InChI is InChI=1S/C14H29N3O/c1-13(2)11-15-14(3,18-12-13)5-6-17-9-7-16(4)8-10-17/h15H,5-12H2,1-4H3. The average molecular weight is 255 g/mol. The second-order valence-corrected chi connectivity index (χ2v) is 6.93. The lowest BCUT2D eigenvalue weighted by molar-refractivity contribution is -0.132. The average Bonchev–Trinajstić information content (AvgIpc) is 2.33. The van der Waals surface area contributed by atoms with Gasteiger partial charge in [0.05, 0.1) is 6.61 Å².